The van der Waals surface area contributed by atoms with Gasteiger partial charge in [0.15, 0.2) is 0 Å². The Morgan fingerprint density at radius 3 is 2.59 bits per heavy atom. The smallest absolute Gasteiger partial charge is 0.319 e. The van der Waals surface area contributed by atoms with E-state index in [1.165, 1.54) is 0 Å². The Kier molecular flexibility index (Phi) is 8.78. The van der Waals surface area contributed by atoms with Gasteiger partial charge in [0, 0.05) is 22.5 Å². The fraction of sp³-hybridized carbons (Fsp3) is 0.300. The molecule has 0 radical (unpaired) electrons. The standard InChI is InChI=1S/C20H22BrClN2O3/c1-2-27-19(26)13-23-20(14-6-4-3-5-7-14)16-12-15(21)8-9-17(16)24-18(25)10-11-22/h3-9,12,20,23H,2,10-11,13H2,1H3,(H,24,25). The van der Waals surface area contributed by atoms with E-state index in [1.54, 1.807) is 6.92 Å². The summed E-state index contributed by atoms with van der Waals surface area (Å²) in [4.78, 5) is 23.9. The molecule has 0 aromatic heterocycles. The lowest BCUT2D eigenvalue weighted by Crippen LogP contribution is -2.30. The summed E-state index contributed by atoms with van der Waals surface area (Å²) in [5.74, 6) is -0.243. The zero-order valence-electron chi connectivity index (χ0n) is 15.0. The summed E-state index contributed by atoms with van der Waals surface area (Å²) >= 11 is 9.15. The maximum atomic E-state index is 12.1. The molecule has 7 heteroatoms. The summed E-state index contributed by atoms with van der Waals surface area (Å²) in [6.07, 6.45) is 0.226. The van der Waals surface area contributed by atoms with Gasteiger partial charge in [-0.25, -0.2) is 0 Å². The quantitative estimate of drug-likeness (QED) is 0.440. The molecule has 27 heavy (non-hydrogen) atoms. The largest absolute Gasteiger partial charge is 0.465 e. The van der Waals surface area contributed by atoms with Gasteiger partial charge in [0.1, 0.15) is 0 Å². The van der Waals surface area contributed by atoms with Crippen LogP contribution in [0.1, 0.15) is 30.5 Å². The number of ether oxygens (including phenoxy) is 1. The van der Waals surface area contributed by atoms with Crippen molar-refractivity contribution in [2.45, 2.75) is 19.4 Å². The molecule has 0 bridgehead atoms. The fourth-order valence-electron chi connectivity index (χ4n) is 2.64. The van der Waals surface area contributed by atoms with E-state index >= 15 is 0 Å². The number of alkyl halides is 1. The van der Waals surface area contributed by atoms with Crippen LogP contribution in [0.5, 0.6) is 0 Å². The Morgan fingerprint density at radius 2 is 1.93 bits per heavy atom. The van der Waals surface area contributed by atoms with Crippen molar-refractivity contribution in [2.75, 3.05) is 24.3 Å². The summed E-state index contributed by atoms with van der Waals surface area (Å²) in [5, 5.41) is 6.14. The van der Waals surface area contributed by atoms with Crippen LogP contribution in [0.15, 0.2) is 53.0 Å². The van der Waals surface area contributed by atoms with Crippen LogP contribution in [-0.4, -0.2) is 30.9 Å². The third-order valence-electron chi connectivity index (χ3n) is 3.81. The van der Waals surface area contributed by atoms with Gasteiger partial charge in [-0.1, -0.05) is 46.3 Å². The number of anilines is 1. The minimum Gasteiger partial charge on any atom is -0.465 e. The number of hydrogen-bond acceptors (Lipinski definition) is 4. The normalized spacial score (nSPS) is 11.7. The monoisotopic (exact) mass is 452 g/mol. The highest BCUT2D eigenvalue weighted by atomic mass is 79.9. The lowest BCUT2D eigenvalue weighted by atomic mass is 9.97. The Hall–Kier alpha value is -1.89. The van der Waals surface area contributed by atoms with Crippen LogP contribution >= 0.6 is 27.5 Å². The van der Waals surface area contributed by atoms with Gasteiger partial charge < -0.3 is 10.1 Å². The van der Waals surface area contributed by atoms with Gasteiger partial charge in [-0.2, -0.15) is 0 Å². The number of esters is 1. The zero-order valence-corrected chi connectivity index (χ0v) is 17.3. The average molecular weight is 454 g/mol. The molecule has 0 fully saturated rings. The van der Waals surface area contributed by atoms with E-state index in [-0.39, 0.29) is 36.8 Å². The lowest BCUT2D eigenvalue weighted by molar-refractivity contribution is -0.142. The van der Waals surface area contributed by atoms with Crippen LogP contribution in [0.3, 0.4) is 0 Å². The Balaban J connectivity index is 2.37. The first-order chi connectivity index (χ1) is 13.0. The Morgan fingerprint density at radius 1 is 1.19 bits per heavy atom. The van der Waals surface area contributed by atoms with Gasteiger partial charge in [0.05, 0.1) is 19.2 Å². The molecule has 144 valence electrons. The van der Waals surface area contributed by atoms with E-state index in [0.29, 0.717) is 12.3 Å². The third-order valence-corrected chi connectivity index (χ3v) is 4.49. The maximum Gasteiger partial charge on any atom is 0.319 e. The van der Waals surface area contributed by atoms with Crippen LogP contribution in [0, 0.1) is 0 Å². The summed E-state index contributed by atoms with van der Waals surface area (Å²) in [7, 11) is 0. The van der Waals surface area contributed by atoms with Crippen molar-refractivity contribution < 1.29 is 14.3 Å². The summed E-state index contributed by atoms with van der Waals surface area (Å²) in [6, 6.07) is 15.0. The Bertz CT molecular complexity index is 771. The van der Waals surface area contributed by atoms with E-state index in [2.05, 4.69) is 26.6 Å². The second kappa shape index (κ2) is 11.1. The van der Waals surface area contributed by atoms with Gasteiger partial charge in [-0.15, -0.1) is 11.6 Å². The molecule has 0 spiro atoms. The highest BCUT2D eigenvalue weighted by Gasteiger charge is 2.20. The highest BCUT2D eigenvalue weighted by Crippen LogP contribution is 2.31. The van der Waals surface area contributed by atoms with Gasteiger partial charge in [0.2, 0.25) is 5.91 Å². The maximum absolute atomic E-state index is 12.1. The number of hydrogen-bond donors (Lipinski definition) is 2. The predicted molar refractivity (Wildman–Crippen MR) is 111 cm³/mol. The van der Waals surface area contributed by atoms with Crippen molar-refractivity contribution in [3.05, 3.63) is 64.1 Å². The molecule has 1 atom stereocenters. The number of amides is 1. The molecule has 0 saturated carbocycles. The van der Waals surface area contributed by atoms with Crippen molar-refractivity contribution in [1.82, 2.24) is 5.32 Å². The number of rotatable bonds is 9. The zero-order chi connectivity index (χ0) is 19.6. The van der Waals surface area contributed by atoms with E-state index < -0.39 is 0 Å². The minimum absolute atomic E-state index is 0.0506. The number of benzene rings is 2. The van der Waals surface area contributed by atoms with Gasteiger partial charge in [0.25, 0.3) is 0 Å². The molecule has 5 nitrogen and oxygen atoms in total. The van der Waals surface area contributed by atoms with Crippen LogP contribution < -0.4 is 10.6 Å². The van der Waals surface area contributed by atoms with E-state index in [0.717, 1.165) is 15.6 Å². The van der Waals surface area contributed by atoms with Crippen molar-refractivity contribution in [1.29, 1.82) is 0 Å². The summed E-state index contributed by atoms with van der Waals surface area (Å²) in [6.45, 7) is 2.15. The molecule has 0 aliphatic carbocycles. The van der Waals surface area contributed by atoms with Gasteiger partial charge in [-0.3, -0.25) is 14.9 Å². The van der Waals surface area contributed by atoms with E-state index in [1.807, 2.05) is 48.5 Å². The SMILES string of the molecule is CCOC(=O)CNC(c1ccccc1)c1cc(Br)ccc1NC(=O)CCCl. The third kappa shape index (κ3) is 6.65. The molecule has 2 rings (SSSR count). The fourth-order valence-corrected chi connectivity index (χ4v) is 3.19. The molecule has 2 N–H and O–H groups in total. The van der Waals surface area contributed by atoms with E-state index in [9.17, 15) is 9.59 Å². The molecule has 2 aromatic carbocycles. The predicted octanol–water partition coefficient (Wildman–Crippen LogP) is 4.26. The summed E-state index contributed by atoms with van der Waals surface area (Å²) < 4.78 is 5.89. The van der Waals surface area contributed by atoms with Crippen molar-refractivity contribution in [3.8, 4) is 0 Å². The molecule has 0 aliphatic rings. The first kappa shape index (κ1) is 21.4. The topological polar surface area (TPSA) is 67.4 Å². The number of carbonyl (C=O) groups is 2. The van der Waals surface area contributed by atoms with Gasteiger partial charge in [-0.05, 0) is 36.2 Å². The van der Waals surface area contributed by atoms with Crippen LogP contribution in [0.4, 0.5) is 5.69 Å². The van der Waals surface area contributed by atoms with Crippen LogP contribution in [0.2, 0.25) is 0 Å². The number of nitrogens with one attached hydrogen (secondary N) is 2. The number of carbonyl (C=O) groups excluding carboxylic acids is 2. The molecule has 1 unspecified atom stereocenters. The molecule has 0 heterocycles. The highest BCUT2D eigenvalue weighted by molar-refractivity contribution is 9.10. The molecule has 0 saturated heterocycles. The molecular formula is C20H22BrClN2O3. The van der Waals surface area contributed by atoms with Crippen LogP contribution in [-0.2, 0) is 14.3 Å². The number of halogens is 2. The molecular weight excluding hydrogens is 432 g/mol. The van der Waals surface area contributed by atoms with Crippen molar-refractivity contribution in [3.63, 3.8) is 0 Å². The second-order valence-electron chi connectivity index (χ2n) is 5.75. The van der Waals surface area contributed by atoms with E-state index in [4.69, 9.17) is 16.3 Å². The van der Waals surface area contributed by atoms with Gasteiger partial charge >= 0.3 is 5.97 Å². The lowest BCUT2D eigenvalue weighted by Gasteiger charge is -2.23. The molecule has 2 aromatic rings. The summed E-state index contributed by atoms with van der Waals surface area (Å²) in [5.41, 5.74) is 2.47. The second-order valence-corrected chi connectivity index (χ2v) is 7.04. The van der Waals surface area contributed by atoms with Crippen molar-refractivity contribution in [2.24, 2.45) is 0 Å². The first-order valence-electron chi connectivity index (χ1n) is 8.64. The minimum atomic E-state index is -0.332. The Labute approximate surface area is 172 Å². The molecule has 1 amide bonds. The first-order valence-corrected chi connectivity index (χ1v) is 9.97. The molecule has 0 aliphatic heterocycles. The van der Waals surface area contributed by atoms with Crippen LogP contribution in [0.25, 0.3) is 0 Å². The van der Waals surface area contributed by atoms with Crippen molar-refractivity contribution >= 4 is 45.1 Å². The average Bonchev–Trinajstić information content (AvgIpc) is 2.65.